The molecule has 1 amide bonds. The fourth-order valence-electron chi connectivity index (χ4n) is 2.39. The van der Waals surface area contributed by atoms with Crippen molar-refractivity contribution in [3.63, 3.8) is 0 Å². The van der Waals surface area contributed by atoms with Crippen LogP contribution in [0, 0.1) is 11.8 Å². The normalized spacial score (nSPS) is 15.2. The van der Waals surface area contributed by atoms with E-state index in [4.69, 9.17) is 5.11 Å². The van der Waals surface area contributed by atoms with Gasteiger partial charge in [0.15, 0.2) is 0 Å². The Hall–Kier alpha value is -1.81. The van der Waals surface area contributed by atoms with E-state index in [-0.39, 0.29) is 5.92 Å². The fourth-order valence-corrected chi connectivity index (χ4v) is 2.39. The van der Waals surface area contributed by atoms with Gasteiger partial charge in [0.2, 0.25) is 0 Å². The molecule has 0 aliphatic heterocycles. The standard InChI is InChI=1S/C17H25NO3/c1-4-14(12(2)3)11-16(19)15(18-17(20)21)10-13-8-6-5-7-9-13/h4-9,12,14-16,18-19H,1,10-11H2,2-3H3,(H,20,21)/t14-,15-,16+/m0/s1. The Kier molecular flexibility index (Phi) is 6.96. The Bertz CT molecular complexity index is 445. The lowest BCUT2D eigenvalue weighted by Crippen LogP contribution is -2.45. The number of amides is 1. The summed E-state index contributed by atoms with van der Waals surface area (Å²) in [5.74, 6) is 0.522. The third kappa shape index (κ3) is 6.00. The van der Waals surface area contributed by atoms with Crippen LogP contribution in [0.25, 0.3) is 0 Å². The second-order valence-electron chi connectivity index (χ2n) is 5.69. The summed E-state index contributed by atoms with van der Waals surface area (Å²) in [6.07, 6.45) is 0.935. The zero-order valence-corrected chi connectivity index (χ0v) is 12.7. The summed E-state index contributed by atoms with van der Waals surface area (Å²) in [6, 6.07) is 9.05. The Morgan fingerprint density at radius 3 is 2.43 bits per heavy atom. The van der Waals surface area contributed by atoms with Crippen molar-refractivity contribution in [3.8, 4) is 0 Å². The van der Waals surface area contributed by atoms with Crippen LogP contribution in [0.1, 0.15) is 25.8 Å². The van der Waals surface area contributed by atoms with Crippen molar-refractivity contribution < 1.29 is 15.0 Å². The number of carbonyl (C=O) groups is 1. The molecule has 0 saturated carbocycles. The average molecular weight is 291 g/mol. The first-order valence-electron chi connectivity index (χ1n) is 7.28. The van der Waals surface area contributed by atoms with Crippen LogP contribution in [-0.2, 0) is 6.42 Å². The van der Waals surface area contributed by atoms with Crippen molar-refractivity contribution >= 4 is 6.09 Å². The summed E-state index contributed by atoms with van der Waals surface area (Å²) >= 11 is 0. The minimum absolute atomic E-state index is 0.161. The average Bonchev–Trinajstić information content (AvgIpc) is 2.44. The predicted octanol–water partition coefficient (Wildman–Crippen LogP) is 3.07. The van der Waals surface area contributed by atoms with Gasteiger partial charge in [-0.1, -0.05) is 50.3 Å². The summed E-state index contributed by atoms with van der Waals surface area (Å²) in [6.45, 7) is 7.92. The SMILES string of the molecule is C=C[C@@H](C[C@@H](O)[C@H](Cc1ccccc1)NC(=O)O)C(C)C. The lowest BCUT2D eigenvalue weighted by molar-refractivity contribution is 0.0957. The molecule has 0 bridgehead atoms. The Morgan fingerprint density at radius 1 is 1.33 bits per heavy atom. The van der Waals surface area contributed by atoms with E-state index < -0.39 is 18.2 Å². The van der Waals surface area contributed by atoms with Crippen molar-refractivity contribution in [2.75, 3.05) is 0 Å². The number of carboxylic acid groups (broad SMARTS) is 1. The van der Waals surface area contributed by atoms with Crippen LogP contribution in [0.15, 0.2) is 43.0 Å². The molecule has 3 N–H and O–H groups in total. The van der Waals surface area contributed by atoms with Crippen molar-refractivity contribution in [1.29, 1.82) is 0 Å². The van der Waals surface area contributed by atoms with Gasteiger partial charge >= 0.3 is 6.09 Å². The van der Waals surface area contributed by atoms with Crippen LogP contribution in [0.4, 0.5) is 4.79 Å². The number of aliphatic hydroxyl groups excluding tert-OH is 1. The van der Waals surface area contributed by atoms with E-state index in [0.29, 0.717) is 18.8 Å². The number of hydrogen-bond acceptors (Lipinski definition) is 2. The second-order valence-corrected chi connectivity index (χ2v) is 5.69. The van der Waals surface area contributed by atoms with E-state index in [0.717, 1.165) is 5.56 Å². The topological polar surface area (TPSA) is 69.6 Å². The predicted molar refractivity (Wildman–Crippen MR) is 84.2 cm³/mol. The lowest BCUT2D eigenvalue weighted by Gasteiger charge is -2.27. The highest BCUT2D eigenvalue weighted by atomic mass is 16.4. The summed E-state index contributed by atoms with van der Waals surface area (Å²) in [7, 11) is 0. The maximum atomic E-state index is 11.0. The molecule has 0 aromatic heterocycles. The molecular formula is C17H25NO3. The first-order chi connectivity index (χ1) is 9.93. The third-order valence-electron chi connectivity index (χ3n) is 3.74. The van der Waals surface area contributed by atoms with E-state index in [1.54, 1.807) is 0 Å². The fraction of sp³-hybridized carbons (Fsp3) is 0.471. The molecule has 0 aliphatic rings. The van der Waals surface area contributed by atoms with E-state index >= 15 is 0 Å². The zero-order chi connectivity index (χ0) is 15.8. The summed E-state index contributed by atoms with van der Waals surface area (Å²) in [5.41, 5.74) is 0.995. The molecule has 4 heteroatoms. The van der Waals surface area contributed by atoms with Crippen LogP contribution in [0.5, 0.6) is 0 Å². The molecule has 3 atom stereocenters. The minimum atomic E-state index is -1.12. The van der Waals surface area contributed by atoms with Gasteiger partial charge in [0.05, 0.1) is 12.1 Å². The molecule has 1 rings (SSSR count). The maximum absolute atomic E-state index is 11.0. The quantitative estimate of drug-likeness (QED) is 0.645. The smallest absolute Gasteiger partial charge is 0.404 e. The molecule has 0 unspecified atom stereocenters. The van der Waals surface area contributed by atoms with E-state index in [9.17, 15) is 9.90 Å². The van der Waals surface area contributed by atoms with Crippen LogP contribution in [0.2, 0.25) is 0 Å². The monoisotopic (exact) mass is 291 g/mol. The van der Waals surface area contributed by atoms with Gasteiger partial charge in [-0.25, -0.2) is 4.79 Å². The number of aliphatic hydroxyl groups is 1. The molecular weight excluding hydrogens is 266 g/mol. The molecule has 0 radical (unpaired) electrons. The van der Waals surface area contributed by atoms with Crippen LogP contribution in [0.3, 0.4) is 0 Å². The van der Waals surface area contributed by atoms with Crippen molar-refractivity contribution in [1.82, 2.24) is 5.32 Å². The minimum Gasteiger partial charge on any atom is -0.465 e. The van der Waals surface area contributed by atoms with Crippen LogP contribution in [-0.4, -0.2) is 28.5 Å². The van der Waals surface area contributed by atoms with Gasteiger partial charge in [-0.05, 0) is 30.2 Å². The maximum Gasteiger partial charge on any atom is 0.404 e. The molecule has 0 spiro atoms. The molecule has 4 nitrogen and oxygen atoms in total. The van der Waals surface area contributed by atoms with E-state index in [1.807, 2.05) is 36.4 Å². The number of hydrogen-bond donors (Lipinski definition) is 3. The van der Waals surface area contributed by atoms with Gasteiger partial charge in [-0.2, -0.15) is 0 Å². The summed E-state index contributed by atoms with van der Waals surface area (Å²) < 4.78 is 0. The molecule has 0 aliphatic carbocycles. The number of rotatable bonds is 8. The molecule has 1 aromatic rings. The van der Waals surface area contributed by atoms with E-state index in [1.165, 1.54) is 0 Å². The Morgan fingerprint density at radius 2 is 1.95 bits per heavy atom. The van der Waals surface area contributed by atoms with Gasteiger partial charge in [0.25, 0.3) is 0 Å². The molecule has 0 fully saturated rings. The third-order valence-corrected chi connectivity index (χ3v) is 3.74. The van der Waals surface area contributed by atoms with Crippen molar-refractivity contribution in [2.45, 2.75) is 38.8 Å². The zero-order valence-electron chi connectivity index (χ0n) is 12.7. The molecule has 1 aromatic carbocycles. The van der Waals surface area contributed by atoms with Crippen molar-refractivity contribution in [3.05, 3.63) is 48.6 Å². The molecule has 0 saturated heterocycles. The summed E-state index contributed by atoms with van der Waals surface area (Å²) in [5, 5.41) is 21.8. The summed E-state index contributed by atoms with van der Waals surface area (Å²) in [4.78, 5) is 11.0. The van der Waals surface area contributed by atoms with Gasteiger partial charge < -0.3 is 15.5 Å². The second kappa shape index (κ2) is 8.47. The lowest BCUT2D eigenvalue weighted by atomic mass is 9.87. The van der Waals surface area contributed by atoms with Gasteiger partial charge in [0.1, 0.15) is 0 Å². The van der Waals surface area contributed by atoms with Crippen LogP contribution >= 0.6 is 0 Å². The van der Waals surface area contributed by atoms with Gasteiger partial charge in [-0.15, -0.1) is 6.58 Å². The van der Waals surface area contributed by atoms with Crippen LogP contribution < -0.4 is 5.32 Å². The first-order valence-corrected chi connectivity index (χ1v) is 7.28. The first kappa shape index (κ1) is 17.2. The Labute approximate surface area is 126 Å². The molecule has 21 heavy (non-hydrogen) atoms. The highest BCUT2D eigenvalue weighted by Crippen LogP contribution is 2.21. The molecule has 116 valence electrons. The largest absolute Gasteiger partial charge is 0.465 e. The Balaban J connectivity index is 2.76. The van der Waals surface area contributed by atoms with Crippen molar-refractivity contribution in [2.24, 2.45) is 11.8 Å². The van der Waals surface area contributed by atoms with Gasteiger partial charge in [-0.3, -0.25) is 0 Å². The number of allylic oxidation sites excluding steroid dienone is 1. The van der Waals surface area contributed by atoms with Gasteiger partial charge in [0, 0.05) is 0 Å². The number of nitrogens with one attached hydrogen (secondary N) is 1. The van der Waals surface area contributed by atoms with E-state index in [2.05, 4.69) is 25.7 Å². The number of benzene rings is 1. The highest BCUT2D eigenvalue weighted by molar-refractivity contribution is 5.65. The highest BCUT2D eigenvalue weighted by Gasteiger charge is 2.25. The molecule has 0 heterocycles.